The van der Waals surface area contributed by atoms with Crippen molar-refractivity contribution in [3.63, 3.8) is 0 Å². The number of esters is 1. The summed E-state index contributed by atoms with van der Waals surface area (Å²) in [4.78, 5) is 19.2. The van der Waals surface area contributed by atoms with Crippen LogP contribution in [0.5, 0.6) is 11.6 Å². The number of anilines is 1. The second-order valence-electron chi connectivity index (χ2n) is 3.52. The van der Waals surface area contributed by atoms with Crippen molar-refractivity contribution >= 4 is 23.3 Å². The fraction of sp³-hybridized carbons (Fsp3) is 0.0833. The van der Waals surface area contributed by atoms with E-state index in [1.165, 1.54) is 31.6 Å². The molecule has 98 valence electrons. The van der Waals surface area contributed by atoms with E-state index in [0.29, 0.717) is 10.8 Å². The van der Waals surface area contributed by atoms with Crippen LogP contribution in [0.1, 0.15) is 10.5 Å². The number of carbonyl (C=O) groups excluding carboxylic acids is 1. The molecule has 2 rings (SSSR count). The third kappa shape index (κ3) is 3.11. The van der Waals surface area contributed by atoms with Gasteiger partial charge >= 0.3 is 5.97 Å². The Hall–Kier alpha value is -2.34. The lowest BCUT2D eigenvalue weighted by Gasteiger charge is -2.08. The number of hydrogen-bond donors (Lipinski definition) is 1. The maximum atomic E-state index is 11.4. The zero-order chi connectivity index (χ0) is 13.8. The van der Waals surface area contributed by atoms with Gasteiger partial charge in [0.25, 0.3) is 0 Å². The van der Waals surface area contributed by atoms with Crippen LogP contribution in [0, 0.1) is 0 Å². The van der Waals surface area contributed by atoms with Crippen LogP contribution in [0.4, 0.5) is 5.69 Å². The van der Waals surface area contributed by atoms with Crippen LogP contribution in [-0.2, 0) is 4.74 Å². The Balaban J connectivity index is 2.31. The fourth-order valence-corrected chi connectivity index (χ4v) is 1.47. The topological polar surface area (TPSA) is 87.3 Å². The Morgan fingerprint density at radius 2 is 2.16 bits per heavy atom. The molecule has 2 aromatic rings. The number of carbonyl (C=O) groups is 1. The number of rotatable bonds is 3. The lowest BCUT2D eigenvalue weighted by molar-refractivity contribution is 0.0593. The molecule has 0 aliphatic heterocycles. The third-order valence-electron chi connectivity index (χ3n) is 2.18. The molecule has 7 heteroatoms. The average molecular weight is 280 g/mol. The minimum Gasteiger partial charge on any atom is -0.464 e. The molecule has 0 aliphatic carbocycles. The number of ether oxygens (including phenoxy) is 2. The molecular formula is C12H10ClN3O3. The van der Waals surface area contributed by atoms with Crippen LogP contribution in [0.2, 0.25) is 5.02 Å². The second-order valence-corrected chi connectivity index (χ2v) is 3.96. The van der Waals surface area contributed by atoms with Crippen molar-refractivity contribution in [2.75, 3.05) is 12.8 Å². The smallest absolute Gasteiger partial charge is 0.356 e. The van der Waals surface area contributed by atoms with Crippen LogP contribution >= 0.6 is 11.6 Å². The molecule has 0 spiro atoms. The number of nitrogen functional groups attached to an aromatic ring is 1. The summed E-state index contributed by atoms with van der Waals surface area (Å²) in [6.45, 7) is 0. The van der Waals surface area contributed by atoms with Crippen LogP contribution in [0.3, 0.4) is 0 Å². The molecule has 0 bridgehead atoms. The standard InChI is InChI=1S/C12H10ClN3O3/c1-18-12(17)10-3-2-9(14)11(16-10)19-8-4-7(13)5-15-6-8/h2-6H,14H2,1H3. The van der Waals surface area contributed by atoms with Crippen molar-refractivity contribution in [3.8, 4) is 11.6 Å². The molecule has 0 aliphatic rings. The summed E-state index contributed by atoms with van der Waals surface area (Å²) >= 11 is 5.79. The summed E-state index contributed by atoms with van der Waals surface area (Å²) in [7, 11) is 1.27. The van der Waals surface area contributed by atoms with Gasteiger partial charge in [-0.15, -0.1) is 0 Å². The molecule has 0 saturated carbocycles. The van der Waals surface area contributed by atoms with Gasteiger partial charge < -0.3 is 15.2 Å². The Labute approximate surface area is 114 Å². The summed E-state index contributed by atoms with van der Waals surface area (Å²) in [5.41, 5.74) is 6.11. The van der Waals surface area contributed by atoms with Crippen molar-refractivity contribution in [1.82, 2.24) is 9.97 Å². The summed E-state index contributed by atoms with van der Waals surface area (Å²) in [6.07, 6.45) is 2.92. The molecule has 0 amide bonds. The highest BCUT2D eigenvalue weighted by Crippen LogP contribution is 2.26. The lowest BCUT2D eigenvalue weighted by atomic mass is 10.3. The zero-order valence-corrected chi connectivity index (χ0v) is 10.7. The Morgan fingerprint density at radius 1 is 1.37 bits per heavy atom. The Morgan fingerprint density at radius 3 is 2.84 bits per heavy atom. The molecule has 2 aromatic heterocycles. The van der Waals surface area contributed by atoms with E-state index in [1.54, 1.807) is 6.07 Å². The second kappa shape index (κ2) is 5.53. The predicted octanol–water partition coefficient (Wildman–Crippen LogP) is 2.29. The molecule has 0 unspecified atom stereocenters. The van der Waals surface area contributed by atoms with Crippen molar-refractivity contribution in [2.45, 2.75) is 0 Å². The molecule has 0 aromatic carbocycles. The number of nitrogens with two attached hydrogens (primary N) is 1. The van der Waals surface area contributed by atoms with Gasteiger partial charge in [0.05, 0.1) is 24.0 Å². The van der Waals surface area contributed by atoms with Gasteiger partial charge in [-0.1, -0.05) is 11.6 Å². The van der Waals surface area contributed by atoms with Crippen LogP contribution < -0.4 is 10.5 Å². The first-order valence-electron chi connectivity index (χ1n) is 5.23. The van der Waals surface area contributed by atoms with E-state index in [2.05, 4.69) is 14.7 Å². The highest BCUT2D eigenvalue weighted by atomic mass is 35.5. The summed E-state index contributed by atoms with van der Waals surface area (Å²) in [5, 5.41) is 0.417. The first-order valence-corrected chi connectivity index (χ1v) is 5.61. The fourth-order valence-electron chi connectivity index (χ4n) is 1.31. The number of pyridine rings is 2. The molecule has 6 nitrogen and oxygen atoms in total. The van der Waals surface area contributed by atoms with E-state index in [1.807, 2.05) is 0 Å². The highest BCUT2D eigenvalue weighted by Gasteiger charge is 2.12. The van der Waals surface area contributed by atoms with Gasteiger partial charge in [-0.05, 0) is 12.1 Å². The van der Waals surface area contributed by atoms with E-state index < -0.39 is 5.97 Å². The van der Waals surface area contributed by atoms with Gasteiger partial charge in [-0.25, -0.2) is 9.78 Å². The normalized spacial score (nSPS) is 10.0. The first-order chi connectivity index (χ1) is 9.10. The molecule has 0 atom stereocenters. The van der Waals surface area contributed by atoms with Gasteiger partial charge in [0, 0.05) is 12.3 Å². The monoisotopic (exact) mass is 279 g/mol. The highest BCUT2D eigenvalue weighted by molar-refractivity contribution is 6.30. The van der Waals surface area contributed by atoms with Gasteiger partial charge in [0.2, 0.25) is 5.88 Å². The molecule has 2 N–H and O–H groups in total. The minimum absolute atomic E-state index is 0.0898. The van der Waals surface area contributed by atoms with Gasteiger partial charge in [-0.3, -0.25) is 4.98 Å². The van der Waals surface area contributed by atoms with Crippen molar-refractivity contribution in [1.29, 1.82) is 0 Å². The van der Waals surface area contributed by atoms with Gasteiger partial charge in [0.15, 0.2) is 5.69 Å². The lowest BCUT2D eigenvalue weighted by Crippen LogP contribution is -2.06. The van der Waals surface area contributed by atoms with Crippen LogP contribution in [0.15, 0.2) is 30.6 Å². The predicted molar refractivity (Wildman–Crippen MR) is 69.3 cm³/mol. The Kier molecular flexibility index (Phi) is 3.82. The molecular weight excluding hydrogens is 270 g/mol. The number of methoxy groups -OCH3 is 1. The molecule has 19 heavy (non-hydrogen) atoms. The third-order valence-corrected chi connectivity index (χ3v) is 2.39. The van der Waals surface area contributed by atoms with E-state index in [-0.39, 0.29) is 17.3 Å². The number of halogens is 1. The van der Waals surface area contributed by atoms with Crippen molar-refractivity contribution in [3.05, 3.63) is 41.3 Å². The van der Waals surface area contributed by atoms with E-state index in [0.717, 1.165) is 0 Å². The number of hydrogen-bond acceptors (Lipinski definition) is 6. The van der Waals surface area contributed by atoms with Gasteiger partial charge in [0.1, 0.15) is 5.75 Å². The SMILES string of the molecule is COC(=O)c1ccc(N)c(Oc2cncc(Cl)c2)n1. The average Bonchev–Trinajstić information content (AvgIpc) is 2.40. The molecule has 0 saturated heterocycles. The zero-order valence-electron chi connectivity index (χ0n) is 9.96. The van der Waals surface area contributed by atoms with Crippen molar-refractivity contribution < 1.29 is 14.3 Å². The maximum Gasteiger partial charge on any atom is 0.356 e. The minimum atomic E-state index is -0.575. The van der Waals surface area contributed by atoms with Crippen molar-refractivity contribution in [2.24, 2.45) is 0 Å². The van der Waals surface area contributed by atoms with Crippen LogP contribution in [-0.4, -0.2) is 23.0 Å². The quantitative estimate of drug-likeness (QED) is 0.867. The van der Waals surface area contributed by atoms with E-state index >= 15 is 0 Å². The molecule has 0 radical (unpaired) electrons. The van der Waals surface area contributed by atoms with E-state index in [9.17, 15) is 4.79 Å². The summed E-state index contributed by atoms with van der Waals surface area (Å²) < 4.78 is 10.0. The number of nitrogens with zero attached hydrogens (tertiary/aromatic N) is 2. The van der Waals surface area contributed by atoms with Gasteiger partial charge in [-0.2, -0.15) is 0 Å². The molecule has 2 heterocycles. The number of aromatic nitrogens is 2. The first kappa shape index (κ1) is 13.1. The maximum absolute atomic E-state index is 11.4. The molecule has 0 fully saturated rings. The van der Waals surface area contributed by atoms with E-state index in [4.69, 9.17) is 22.1 Å². The largest absolute Gasteiger partial charge is 0.464 e. The summed E-state index contributed by atoms with van der Waals surface area (Å²) in [5.74, 6) is -0.116. The summed E-state index contributed by atoms with van der Waals surface area (Å²) in [6, 6.07) is 4.51. The Bertz CT molecular complexity index is 619. The van der Waals surface area contributed by atoms with Crippen LogP contribution in [0.25, 0.3) is 0 Å².